The van der Waals surface area contributed by atoms with Crippen LogP contribution in [-0.4, -0.2) is 11.5 Å². The molecule has 0 radical (unpaired) electrons. The molecule has 4 heteroatoms. The van der Waals surface area contributed by atoms with Crippen LogP contribution in [0.15, 0.2) is 41.0 Å². The van der Waals surface area contributed by atoms with E-state index in [0.29, 0.717) is 12.0 Å². The third-order valence-corrected chi connectivity index (χ3v) is 3.91. The van der Waals surface area contributed by atoms with Crippen LogP contribution in [0.5, 0.6) is 0 Å². The topological polar surface area (TPSA) is 24.9 Å². The second kappa shape index (κ2) is 7.66. The fourth-order valence-electron chi connectivity index (χ4n) is 2.22. The van der Waals surface area contributed by atoms with E-state index in [2.05, 4.69) is 39.2 Å². The van der Waals surface area contributed by atoms with Gasteiger partial charge in [-0.2, -0.15) is 0 Å². The van der Waals surface area contributed by atoms with E-state index in [-0.39, 0.29) is 11.9 Å². The molecule has 1 heterocycles. The maximum atomic E-state index is 14.0. The van der Waals surface area contributed by atoms with Crippen LogP contribution in [0.2, 0.25) is 0 Å². The van der Waals surface area contributed by atoms with Crippen molar-refractivity contribution in [2.75, 3.05) is 6.54 Å². The van der Waals surface area contributed by atoms with Crippen LogP contribution in [0.4, 0.5) is 4.39 Å². The molecule has 0 saturated heterocycles. The Balaban J connectivity index is 2.21. The summed E-state index contributed by atoms with van der Waals surface area (Å²) < 4.78 is 14.8. The van der Waals surface area contributed by atoms with Crippen molar-refractivity contribution in [2.45, 2.75) is 32.7 Å². The molecule has 2 nitrogen and oxygen atoms in total. The molecule has 0 aliphatic heterocycles. The van der Waals surface area contributed by atoms with Gasteiger partial charge in [-0.1, -0.05) is 35.0 Å². The standard InChI is InChI=1S/C17H20BrFN2/c1-3-8-20-17(14-5-4-12(2)21-11-14)9-13-6-7-15(18)10-16(13)19/h4-7,10-11,17,20H,3,8-9H2,1-2H3. The summed E-state index contributed by atoms with van der Waals surface area (Å²) in [7, 11) is 0. The molecule has 1 atom stereocenters. The molecule has 1 aromatic carbocycles. The van der Waals surface area contributed by atoms with Gasteiger partial charge in [0.2, 0.25) is 0 Å². The Labute approximate surface area is 133 Å². The van der Waals surface area contributed by atoms with Crippen molar-refractivity contribution in [1.82, 2.24) is 10.3 Å². The molecule has 0 aliphatic rings. The number of aryl methyl sites for hydroxylation is 1. The summed E-state index contributed by atoms with van der Waals surface area (Å²) in [5.74, 6) is -0.173. The molecule has 112 valence electrons. The van der Waals surface area contributed by atoms with Crippen LogP contribution >= 0.6 is 15.9 Å². The molecule has 0 aliphatic carbocycles. The highest BCUT2D eigenvalue weighted by molar-refractivity contribution is 9.10. The number of nitrogens with one attached hydrogen (secondary N) is 1. The van der Waals surface area contributed by atoms with Crippen molar-refractivity contribution in [1.29, 1.82) is 0 Å². The molecule has 0 fully saturated rings. The van der Waals surface area contributed by atoms with Gasteiger partial charge in [0.15, 0.2) is 0 Å². The fraction of sp³-hybridized carbons (Fsp3) is 0.353. The normalized spacial score (nSPS) is 12.4. The third-order valence-electron chi connectivity index (χ3n) is 3.42. The molecular formula is C17H20BrFN2. The van der Waals surface area contributed by atoms with Gasteiger partial charge < -0.3 is 5.32 Å². The predicted molar refractivity (Wildman–Crippen MR) is 87.8 cm³/mol. The summed E-state index contributed by atoms with van der Waals surface area (Å²) >= 11 is 3.29. The number of hydrogen-bond donors (Lipinski definition) is 1. The lowest BCUT2D eigenvalue weighted by Gasteiger charge is -2.19. The SMILES string of the molecule is CCCNC(Cc1ccc(Br)cc1F)c1ccc(C)nc1. The number of pyridine rings is 1. The first kappa shape index (κ1) is 16.1. The molecule has 1 N–H and O–H groups in total. The summed E-state index contributed by atoms with van der Waals surface area (Å²) in [6.45, 7) is 4.99. The largest absolute Gasteiger partial charge is 0.310 e. The number of rotatable bonds is 6. The zero-order valence-electron chi connectivity index (χ0n) is 12.4. The zero-order chi connectivity index (χ0) is 15.2. The fourth-order valence-corrected chi connectivity index (χ4v) is 2.55. The molecule has 21 heavy (non-hydrogen) atoms. The van der Waals surface area contributed by atoms with E-state index in [4.69, 9.17) is 0 Å². The van der Waals surface area contributed by atoms with E-state index in [1.54, 1.807) is 0 Å². The van der Waals surface area contributed by atoms with Gasteiger partial charge in [-0.3, -0.25) is 4.98 Å². The van der Waals surface area contributed by atoms with Crippen molar-refractivity contribution in [3.8, 4) is 0 Å². The maximum Gasteiger partial charge on any atom is 0.127 e. The lowest BCUT2D eigenvalue weighted by Crippen LogP contribution is -2.24. The Bertz CT molecular complexity index is 584. The van der Waals surface area contributed by atoms with Crippen LogP contribution in [0.1, 0.15) is 36.2 Å². The van der Waals surface area contributed by atoms with E-state index in [9.17, 15) is 4.39 Å². The van der Waals surface area contributed by atoms with E-state index in [1.165, 1.54) is 6.07 Å². The van der Waals surface area contributed by atoms with Gasteiger partial charge in [-0.25, -0.2) is 4.39 Å². The number of hydrogen-bond acceptors (Lipinski definition) is 2. The first-order valence-electron chi connectivity index (χ1n) is 7.20. The lowest BCUT2D eigenvalue weighted by molar-refractivity contribution is 0.511. The van der Waals surface area contributed by atoms with Crippen molar-refractivity contribution >= 4 is 15.9 Å². The van der Waals surface area contributed by atoms with Crippen molar-refractivity contribution < 1.29 is 4.39 Å². The minimum Gasteiger partial charge on any atom is -0.310 e. The van der Waals surface area contributed by atoms with Gasteiger partial charge in [0.1, 0.15) is 5.82 Å². The Morgan fingerprint density at radius 2 is 2.10 bits per heavy atom. The number of benzene rings is 1. The van der Waals surface area contributed by atoms with E-state index >= 15 is 0 Å². The first-order chi connectivity index (χ1) is 10.1. The number of nitrogens with zero attached hydrogens (tertiary/aromatic N) is 1. The van der Waals surface area contributed by atoms with Gasteiger partial charge in [0, 0.05) is 22.4 Å². The summed E-state index contributed by atoms with van der Waals surface area (Å²) in [5.41, 5.74) is 2.80. The smallest absolute Gasteiger partial charge is 0.127 e. The average molecular weight is 351 g/mol. The quantitative estimate of drug-likeness (QED) is 0.824. The van der Waals surface area contributed by atoms with Crippen molar-refractivity contribution in [3.05, 3.63) is 63.6 Å². The highest BCUT2D eigenvalue weighted by Gasteiger charge is 2.14. The summed E-state index contributed by atoms with van der Waals surface area (Å²) in [6.07, 6.45) is 3.53. The molecule has 2 rings (SSSR count). The minimum atomic E-state index is -0.173. The second-order valence-electron chi connectivity index (χ2n) is 5.18. The molecule has 1 unspecified atom stereocenters. The monoisotopic (exact) mass is 350 g/mol. The summed E-state index contributed by atoms with van der Waals surface area (Å²) in [6, 6.07) is 9.36. The highest BCUT2D eigenvalue weighted by atomic mass is 79.9. The Morgan fingerprint density at radius 1 is 1.29 bits per heavy atom. The van der Waals surface area contributed by atoms with Gasteiger partial charge in [-0.15, -0.1) is 0 Å². The molecule has 2 aromatic rings. The van der Waals surface area contributed by atoms with Crippen LogP contribution < -0.4 is 5.32 Å². The first-order valence-corrected chi connectivity index (χ1v) is 7.99. The van der Waals surface area contributed by atoms with Gasteiger partial charge in [-0.05, 0) is 55.6 Å². The Kier molecular flexibility index (Phi) is 5.88. The van der Waals surface area contributed by atoms with Crippen LogP contribution in [0.3, 0.4) is 0 Å². The number of aromatic nitrogens is 1. The molecule has 1 aromatic heterocycles. The van der Waals surface area contributed by atoms with E-state index < -0.39 is 0 Å². The maximum absolute atomic E-state index is 14.0. The average Bonchev–Trinajstić information content (AvgIpc) is 2.46. The Morgan fingerprint density at radius 3 is 2.71 bits per heavy atom. The van der Waals surface area contributed by atoms with Gasteiger partial charge in [0.25, 0.3) is 0 Å². The number of halogens is 2. The Hall–Kier alpha value is -1.26. The van der Waals surface area contributed by atoms with Crippen LogP contribution in [-0.2, 0) is 6.42 Å². The highest BCUT2D eigenvalue weighted by Crippen LogP contribution is 2.22. The summed E-state index contributed by atoms with van der Waals surface area (Å²) in [5, 5.41) is 3.48. The van der Waals surface area contributed by atoms with Crippen molar-refractivity contribution in [2.24, 2.45) is 0 Å². The summed E-state index contributed by atoms with van der Waals surface area (Å²) in [4.78, 5) is 4.35. The molecular weight excluding hydrogens is 331 g/mol. The second-order valence-corrected chi connectivity index (χ2v) is 6.10. The van der Waals surface area contributed by atoms with Crippen molar-refractivity contribution in [3.63, 3.8) is 0 Å². The predicted octanol–water partition coefficient (Wildman–Crippen LogP) is 4.58. The third kappa shape index (κ3) is 4.61. The zero-order valence-corrected chi connectivity index (χ0v) is 14.0. The minimum absolute atomic E-state index is 0.0775. The molecule has 0 bridgehead atoms. The van der Waals surface area contributed by atoms with Gasteiger partial charge in [0.05, 0.1) is 0 Å². The van der Waals surface area contributed by atoms with Gasteiger partial charge >= 0.3 is 0 Å². The van der Waals surface area contributed by atoms with E-state index in [1.807, 2.05) is 31.3 Å². The van der Waals surface area contributed by atoms with Crippen LogP contribution in [0.25, 0.3) is 0 Å². The van der Waals surface area contributed by atoms with Crippen LogP contribution in [0, 0.1) is 12.7 Å². The molecule has 0 amide bonds. The molecule has 0 saturated carbocycles. The lowest BCUT2D eigenvalue weighted by atomic mass is 9.99. The van der Waals surface area contributed by atoms with E-state index in [0.717, 1.165) is 28.7 Å². The molecule has 0 spiro atoms.